The average Bonchev–Trinajstić information content (AvgIpc) is 3.09. The maximum absolute atomic E-state index is 12.6. The number of halogens is 1. The van der Waals surface area contributed by atoms with E-state index in [1.165, 1.54) is 23.5 Å². The molecule has 1 aromatic heterocycles. The van der Waals surface area contributed by atoms with Gasteiger partial charge in [0.1, 0.15) is 5.75 Å². The summed E-state index contributed by atoms with van der Waals surface area (Å²) in [6, 6.07) is 19.2. The molecule has 4 rings (SSSR count). The Morgan fingerprint density at radius 1 is 1.03 bits per heavy atom. The summed E-state index contributed by atoms with van der Waals surface area (Å²) in [5.74, 6) is 0.186. The highest BCUT2D eigenvalue weighted by Crippen LogP contribution is 2.28. The van der Waals surface area contributed by atoms with Gasteiger partial charge in [-0.25, -0.2) is 13.4 Å². The van der Waals surface area contributed by atoms with Gasteiger partial charge in [-0.15, -0.1) is 0 Å². The molecule has 0 saturated carbocycles. The van der Waals surface area contributed by atoms with E-state index in [0.29, 0.717) is 11.7 Å². The lowest BCUT2D eigenvalue weighted by Gasteiger charge is -2.10. The van der Waals surface area contributed by atoms with Crippen LogP contribution in [0, 0.1) is 0 Å². The first-order valence-electron chi connectivity index (χ1n) is 8.60. The van der Waals surface area contributed by atoms with Gasteiger partial charge in [-0.2, -0.15) is 0 Å². The molecule has 0 fully saturated rings. The molecule has 0 bridgehead atoms. The maximum atomic E-state index is 12.6. The van der Waals surface area contributed by atoms with Crippen LogP contribution in [-0.4, -0.2) is 18.5 Å². The molecule has 0 atom stereocenters. The molecule has 0 aliphatic heterocycles. The molecular weight excluding hydrogens is 474 g/mol. The summed E-state index contributed by atoms with van der Waals surface area (Å²) in [6.45, 7) is 0.412. The van der Waals surface area contributed by atoms with Crippen LogP contribution in [0.4, 0.5) is 10.8 Å². The molecular formula is C20H16BrN3O3S2. The lowest BCUT2D eigenvalue weighted by Crippen LogP contribution is -2.12. The number of nitrogens with zero attached hydrogens (tertiary/aromatic N) is 1. The molecule has 0 unspecified atom stereocenters. The van der Waals surface area contributed by atoms with Gasteiger partial charge in [0.25, 0.3) is 10.0 Å². The largest absolute Gasteiger partial charge is 0.508 e. The van der Waals surface area contributed by atoms with Gasteiger partial charge in [-0.3, -0.25) is 4.72 Å². The van der Waals surface area contributed by atoms with E-state index in [9.17, 15) is 13.5 Å². The predicted octanol–water partition coefficient (Wildman–Crippen LogP) is 5.18. The Labute approximate surface area is 180 Å². The highest BCUT2D eigenvalue weighted by Gasteiger charge is 2.16. The molecule has 0 aliphatic carbocycles. The van der Waals surface area contributed by atoms with Crippen molar-refractivity contribution in [2.45, 2.75) is 11.4 Å². The summed E-state index contributed by atoms with van der Waals surface area (Å²) in [7, 11) is -3.73. The molecule has 29 heavy (non-hydrogen) atoms. The first kappa shape index (κ1) is 19.7. The van der Waals surface area contributed by atoms with E-state index < -0.39 is 10.0 Å². The number of phenolic OH excluding ortho intramolecular Hbond substituents is 1. The molecule has 3 aromatic carbocycles. The van der Waals surface area contributed by atoms with Crippen molar-refractivity contribution >= 4 is 58.3 Å². The van der Waals surface area contributed by atoms with Gasteiger partial charge in [-0.05, 0) is 48.5 Å². The maximum Gasteiger partial charge on any atom is 0.263 e. The molecule has 0 saturated heterocycles. The topological polar surface area (TPSA) is 91.3 Å². The number of hydrogen-bond donors (Lipinski definition) is 3. The minimum absolute atomic E-state index is 0.147. The molecule has 6 nitrogen and oxygen atoms in total. The van der Waals surface area contributed by atoms with E-state index in [-0.39, 0.29) is 10.6 Å². The van der Waals surface area contributed by atoms with Crippen LogP contribution in [0.3, 0.4) is 0 Å². The second-order valence-electron chi connectivity index (χ2n) is 6.24. The van der Waals surface area contributed by atoms with E-state index in [1.807, 2.05) is 36.4 Å². The monoisotopic (exact) mass is 489 g/mol. The van der Waals surface area contributed by atoms with Crippen molar-refractivity contribution < 1.29 is 13.5 Å². The van der Waals surface area contributed by atoms with Crippen LogP contribution in [0.15, 0.2) is 76.1 Å². The molecule has 3 N–H and O–H groups in total. The number of hydrogen-bond acceptors (Lipinski definition) is 6. The summed E-state index contributed by atoms with van der Waals surface area (Å²) in [5, 5.41) is 13.4. The normalized spacial score (nSPS) is 11.5. The summed E-state index contributed by atoms with van der Waals surface area (Å²) in [6.07, 6.45) is 0. The Balaban J connectivity index is 1.46. The van der Waals surface area contributed by atoms with Crippen molar-refractivity contribution in [3.63, 3.8) is 0 Å². The number of anilines is 2. The number of rotatable bonds is 6. The summed E-state index contributed by atoms with van der Waals surface area (Å²) in [4.78, 5) is 4.45. The van der Waals surface area contributed by atoms with Crippen molar-refractivity contribution in [3.05, 3.63) is 76.8 Å². The lowest BCUT2D eigenvalue weighted by atomic mass is 10.2. The molecule has 0 aliphatic rings. The van der Waals surface area contributed by atoms with E-state index in [4.69, 9.17) is 0 Å². The fraction of sp³-hybridized carbons (Fsp3) is 0.0500. The zero-order valence-electron chi connectivity index (χ0n) is 15.0. The Kier molecular flexibility index (Phi) is 5.44. The van der Waals surface area contributed by atoms with Crippen molar-refractivity contribution in [3.8, 4) is 5.75 Å². The van der Waals surface area contributed by atoms with Gasteiger partial charge in [0, 0.05) is 22.3 Å². The van der Waals surface area contributed by atoms with Crippen molar-refractivity contribution in [2.24, 2.45) is 0 Å². The standard InChI is InChI=1S/C20H16BrN3O3S2/c21-14-6-5-13(18(25)11-14)12-22-15-7-9-16(10-8-15)29(26,27)24-20-23-17-3-1-2-4-19(17)28-20/h1-11,22,25H,12H2,(H,23,24). The zero-order chi connectivity index (χ0) is 20.4. The first-order chi connectivity index (χ1) is 13.9. The molecule has 9 heteroatoms. The van der Waals surface area contributed by atoms with E-state index in [2.05, 4.69) is 31.0 Å². The van der Waals surface area contributed by atoms with Gasteiger partial charge >= 0.3 is 0 Å². The first-order valence-corrected chi connectivity index (χ1v) is 11.7. The van der Waals surface area contributed by atoms with Crippen LogP contribution < -0.4 is 10.0 Å². The van der Waals surface area contributed by atoms with Crippen LogP contribution >= 0.6 is 27.3 Å². The quantitative estimate of drug-likeness (QED) is 0.347. The molecule has 1 heterocycles. The molecule has 4 aromatic rings. The third-order valence-corrected chi connectivity index (χ3v) is 7.14. The van der Waals surface area contributed by atoms with E-state index in [0.717, 1.165) is 25.9 Å². The fourth-order valence-corrected chi connectivity index (χ4v) is 5.18. The Bertz CT molecular complexity index is 1240. The van der Waals surface area contributed by atoms with Gasteiger partial charge in [0.2, 0.25) is 0 Å². The number of nitrogens with one attached hydrogen (secondary N) is 2. The summed E-state index contributed by atoms with van der Waals surface area (Å²) < 4.78 is 29.5. The highest BCUT2D eigenvalue weighted by atomic mass is 79.9. The van der Waals surface area contributed by atoms with Gasteiger partial charge < -0.3 is 10.4 Å². The van der Waals surface area contributed by atoms with Crippen LogP contribution in [-0.2, 0) is 16.6 Å². The smallest absolute Gasteiger partial charge is 0.263 e. The molecule has 0 spiro atoms. The summed E-state index contributed by atoms with van der Waals surface area (Å²) in [5.41, 5.74) is 2.24. The Morgan fingerprint density at radius 3 is 2.52 bits per heavy atom. The van der Waals surface area contributed by atoms with Crippen LogP contribution in [0.1, 0.15) is 5.56 Å². The number of fused-ring (bicyclic) bond motifs is 1. The van der Waals surface area contributed by atoms with Crippen molar-refractivity contribution in [1.29, 1.82) is 0 Å². The second kappa shape index (κ2) is 8.02. The van der Waals surface area contributed by atoms with E-state index >= 15 is 0 Å². The number of phenols is 1. The third kappa shape index (κ3) is 4.52. The van der Waals surface area contributed by atoms with Gasteiger partial charge in [0.05, 0.1) is 15.1 Å². The Morgan fingerprint density at radius 2 is 1.79 bits per heavy atom. The fourth-order valence-electron chi connectivity index (χ4n) is 2.73. The predicted molar refractivity (Wildman–Crippen MR) is 120 cm³/mol. The van der Waals surface area contributed by atoms with Crippen LogP contribution in [0.5, 0.6) is 5.75 Å². The van der Waals surface area contributed by atoms with Crippen LogP contribution in [0.25, 0.3) is 10.2 Å². The SMILES string of the molecule is O=S(=O)(Nc1nc2ccccc2s1)c1ccc(NCc2ccc(Br)cc2O)cc1. The highest BCUT2D eigenvalue weighted by molar-refractivity contribution is 9.10. The lowest BCUT2D eigenvalue weighted by molar-refractivity contribution is 0.468. The molecule has 0 radical (unpaired) electrons. The number of benzene rings is 3. The average molecular weight is 490 g/mol. The van der Waals surface area contributed by atoms with Crippen LogP contribution in [0.2, 0.25) is 0 Å². The minimum Gasteiger partial charge on any atom is -0.508 e. The second-order valence-corrected chi connectivity index (χ2v) is 9.87. The Hall–Kier alpha value is -2.62. The number of aromatic nitrogens is 1. The summed E-state index contributed by atoms with van der Waals surface area (Å²) >= 11 is 4.59. The van der Waals surface area contributed by atoms with E-state index in [1.54, 1.807) is 18.2 Å². The number of aromatic hydroxyl groups is 1. The zero-order valence-corrected chi connectivity index (χ0v) is 18.2. The molecule has 0 amide bonds. The van der Waals surface area contributed by atoms with Crippen molar-refractivity contribution in [2.75, 3.05) is 10.0 Å². The number of thiazole rings is 1. The number of sulfonamides is 1. The minimum atomic E-state index is -3.73. The molecule has 148 valence electrons. The third-order valence-electron chi connectivity index (χ3n) is 4.21. The van der Waals surface area contributed by atoms with Gasteiger partial charge in [0.15, 0.2) is 5.13 Å². The van der Waals surface area contributed by atoms with Gasteiger partial charge in [-0.1, -0.05) is 45.5 Å². The number of para-hydroxylation sites is 1. The van der Waals surface area contributed by atoms with Crippen molar-refractivity contribution in [1.82, 2.24) is 4.98 Å².